The summed E-state index contributed by atoms with van der Waals surface area (Å²) < 4.78 is 18.9. The van der Waals surface area contributed by atoms with E-state index in [0.717, 1.165) is 11.1 Å². The van der Waals surface area contributed by atoms with Crippen LogP contribution in [0, 0.1) is 5.82 Å². The van der Waals surface area contributed by atoms with Gasteiger partial charge in [-0.3, -0.25) is 0 Å². The minimum Gasteiger partial charge on any atom is -0.489 e. The maximum Gasteiger partial charge on any atom is 0.124 e. The smallest absolute Gasteiger partial charge is 0.124 e. The number of halogens is 1. The van der Waals surface area contributed by atoms with Gasteiger partial charge in [0.2, 0.25) is 0 Å². The largest absolute Gasteiger partial charge is 0.489 e. The van der Waals surface area contributed by atoms with Crippen LogP contribution in [-0.2, 0) is 13.2 Å². The summed E-state index contributed by atoms with van der Waals surface area (Å²) in [6.07, 6.45) is 0. The summed E-state index contributed by atoms with van der Waals surface area (Å²) in [7, 11) is 0. The number of aliphatic hydroxyl groups is 1. The lowest BCUT2D eigenvalue weighted by Crippen LogP contribution is -2.08. The summed E-state index contributed by atoms with van der Waals surface area (Å²) >= 11 is 0. The number of benzene rings is 2. The van der Waals surface area contributed by atoms with E-state index in [1.54, 1.807) is 13.0 Å². The van der Waals surface area contributed by atoms with Gasteiger partial charge >= 0.3 is 0 Å². The Labute approximate surface area is 117 Å². The van der Waals surface area contributed by atoms with E-state index in [1.165, 1.54) is 12.1 Å². The van der Waals surface area contributed by atoms with Crippen molar-refractivity contribution in [3.8, 4) is 5.75 Å². The summed E-state index contributed by atoms with van der Waals surface area (Å²) in [5.74, 6) is 0.268. The van der Waals surface area contributed by atoms with Crippen LogP contribution in [0.25, 0.3) is 0 Å². The van der Waals surface area contributed by atoms with Crippen molar-refractivity contribution in [2.45, 2.75) is 26.2 Å². The van der Waals surface area contributed by atoms with Gasteiger partial charge in [0.25, 0.3) is 0 Å². The quantitative estimate of drug-likeness (QED) is 0.882. The molecule has 0 spiro atoms. The summed E-state index contributed by atoms with van der Waals surface area (Å²) in [5.41, 5.74) is 8.29. The van der Waals surface area contributed by atoms with Crippen molar-refractivity contribution in [2.75, 3.05) is 0 Å². The summed E-state index contributed by atoms with van der Waals surface area (Å²) in [4.78, 5) is 0. The third-order valence-electron chi connectivity index (χ3n) is 3.06. The van der Waals surface area contributed by atoms with Gasteiger partial charge in [0, 0.05) is 11.6 Å². The minimum atomic E-state index is -0.322. The van der Waals surface area contributed by atoms with E-state index < -0.39 is 0 Å². The molecule has 0 fully saturated rings. The van der Waals surface area contributed by atoms with Crippen molar-refractivity contribution in [3.05, 3.63) is 65.0 Å². The summed E-state index contributed by atoms with van der Waals surface area (Å²) in [5, 5.41) is 8.98. The van der Waals surface area contributed by atoms with Crippen molar-refractivity contribution in [2.24, 2.45) is 5.73 Å². The van der Waals surface area contributed by atoms with Gasteiger partial charge in [0.15, 0.2) is 0 Å². The molecule has 3 N–H and O–H groups in total. The molecule has 1 atom stereocenters. The molecule has 0 saturated heterocycles. The van der Waals surface area contributed by atoms with Gasteiger partial charge in [-0.25, -0.2) is 4.39 Å². The zero-order valence-electron chi connectivity index (χ0n) is 11.3. The van der Waals surface area contributed by atoms with Crippen LogP contribution in [0.5, 0.6) is 5.75 Å². The molecule has 20 heavy (non-hydrogen) atoms. The second-order valence-corrected chi connectivity index (χ2v) is 4.73. The van der Waals surface area contributed by atoms with E-state index in [-0.39, 0.29) is 18.5 Å². The van der Waals surface area contributed by atoms with Crippen molar-refractivity contribution < 1.29 is 14.2 Å². The van der Waals surface area contributed by atoms with Crippen LogP contribution in [0.4, 0.5) is 4.39 Å². The predicted molar refractivity (Wildman–Crippen MR) is 75.7 cm³/mol. The molecule has 4 heteroatoms. The number of rotatable bonds is 5. The Balaban J connectivity index is 2.10. The number of hydrogen-bond donors (Lipinski definition) is 2. The highest BCUT2D eigenvalue weighted by Crippen LogP contribution is 2.25. The molecule has 0 unspecified atom stereocenters. The molecule has 0 bridgehead atoms. The Morgan fingerprint density at radius 3 is 2.40 bits per heavy atom. The molecule has 3 nitrogen and oxygen atoms in total. The van der Waals surface area contributed by atoms with Crippen molar-refractivity contribution in [1.82, 2.24) is 0 Å². The monoisotopic (exact) mass is 275 g/mol. The molecular weight excluding hydrogens is 257 g/mol. The van der Waals surface area contributed by atoms with E-state index in [9.17, 15) is 4.39 Å². The highest BCUT2D eigenvalue weighted by Gasteiger charge is 2.09. The Morgan fingerprint density at radius 1 is 1.15 bits per heavy atom. The number of ether oxygens (including phenoxy) is 1. The number of aliphatic hydroxyl groups excluding tert-OH is 1. The molecule has 0 radical (unpaired) electrons. The molecule has 106 valence electrons. The zero-order chi connectivity index (χ0) is 14.5. The molecule has 2 rings (SSSR count). The maximum absolute atomic E-state index is 13.2. The average Bonchev–Trinajstić information content (AvgIpc) is 2.46. The minimum absolute atomic E-state index is 0.0218. The van der Waals surface area contributed by atoms with Gasteiger partial charge in [-0.1, -0.05) is 24.3 Å². The Morgan fingerprint density at radius 2 is 1.80 bits per heavy atom. The van der Waals surface area contributed by atoms with Crippen molar-refractivity contribution in [1.29, 1.82) is 0 Å². The standard InChI is InChI=1S/C16H18FNO2/c1-11(18)15-8-14(17)6-7-16(15)20-10-13-4-2-12(9-19)3-5-13/h2-8,11,19H,9-10,18H2,1H3/t11-/m1/s1. The van der Waals surface area contributed by atoms with Gasteiger partial charge in [-0.2, -0.15) is 0 Å². The summed E-state index contributed by atoms with van der Waals surface area (Å²) in [6.45, 7) is 2.18. The topological polar surface area (TPSA) is 55.5 Å². The zero-order valence-corrected chi connectivity index (χ0v) is 11.3. The summed E-state index contributed by atoms with van der Waals surface area (Å²) in [6, 6.07) is 11.5. The van der Waals surface area contributed by atoms with Gasteiger partial charge in [-0.15, -0.1) is 0 Å². The third-order valence-corrected chi connectivity index (χ3v) is 3.06. The number of nitrogens with two attached hydrogens (primary N) is 1. The fourth-order valence-corrected chi connectivity index (χ4v) is 1.91. The molecule has 0 aliphatic carbocycles. The van der Waals surface area contributed by atoms with E-state index in [0.29, 0.717) is 17.9 Å². The SMILES string of the molecule is C[C@@H](N)c1cc(F)ccc1OCc1ccc(CO)cc1. The van der Waals surface area contributed by atoms with Crippen LogP contribution in [0.15, 0.2) is 42.5 Å². The highest BCUT2D eigenvalue weighted by atomic mass is 19.1. The molecule has 0 aromatic heterocycles. The van der Waals surface area contributed by atoms with Gasteiger partial charge in [0.05, 0.1) is 6.61 Å². The van der Waals surface area contributed by atoms with Crippen molar-refractivity contribution >= 4 is 0 Å². The molecule has 0 aliphatic heterocycles. The van der Waals surface area contributed by atoms with Crippen LogP contribution in [0.3, 0.4) is 0 Å². The maximum atomic E-state index is 13.2. The van der Waals surface area contributed by atoms with Gasteiger partial charge in [-0.05, 0) is 36.2 Å². The second-order valence-electron chi connectivity index (χ2n) is 4.73. The molecule has 2 aromatic carbocycles. The van der Waals surface area contributed by atoms with Gasteiger partial charge in [0.1, 0.15) is 18.2 Å². The van der Waals surface area contributed by atoms with E-state index >= 15 is 0 Å². The molecule has 0 saturated carbocycles. The Kier molecular flexibility index (Phi) is 4.71. The Hall–Kier alpha value is -1.91. The molecule has 0 aliphatic rings. The second kappa shape index (κ2) is 6.50. The molecule has 2 aromatic rings. The van der Waals surface area contributed by atoms with Crippen LogP contribution in [-0.4, -0.2) is 5.11 Å². The average molecular weight is 275 g/mol. The molecule has 0 heterocycles. The lowest BCUT2D eigenvalue weighted by Gasteiger charge is -2.14. The first-order valence-electron chi connectivity index (χ1n) is 6.46. The first-order chi connectivity index (χ1) is 9.60. The normalized spacial score (nSPS) is 12.2. The third kappa shape index (κ3) is 3.56. The van der Waals surface area contributed by atoms with Crippen LogP contribution < -0.4 is 10.5 Å². The number of hydrogen-bond acceptors (Lipinski definition) is 3. The molecule has 0 amide bonds. The van der Waals surface area contributed by atoms with E-state index in [2.05, 4.69) is 0 Å². The fraction of sp³-hybridized carbons (Fsp3) is 0.250. The fourth-order valence-electron chi connectivity index (χ4n) is 1.91. The Bertz CT molecular complexity index is 567. The first kappa shape index (κ1) is 14.5. The molecular formula is C16H18FNO2. The lowest BCUT2D eigenvalue weighted by molar-refractivity contribution is 0.281. The lowest BCUT2D eigenvalue weighted by atomic mass is 10.1. The van der Waals surface area contributed by atoms with E-state index in [4.69, 9.17) is 15.6 Å². The highest BCUT2D eigenvalue weighted by molar-refractivity contribution is 5.36. The first-order valence-corrected chi connectivity index (χ1v) is 6.46. The van der Waals surface area contributed by atoms with E-state index in [1.807, 2.05) is 24.3 Å². The predicted octanol–water partition coefficient (Wildman–Crippen LogP) is 2.92. The van der Waals surface area contributed by atoms with Crippen LogP contribution >= 0.6 is 0 Å². The van der Waals surface area contributed by atoms with Crippen molar-refractivity contribution in [3.63, 3.8) is 0 Å². The van der Waals surface area contributed by atoms with Crippen LogP contribution in [0.2, 0.25) is 0 Å². The van der Waals surface area contributed by atoms with Gasteiger partial charge < -0.3 is 15.6 Å². The van der Waals surface area contributed by atoms with Crippen LogP contribution in [0.1, 0.15) is 29.7 Å².